The fourth-order valence-electron chi connectivity index (χ4n) is 8.11. The lowest BCUT2D eigenvalue weighted by Crippen LogP contribution is -1.87. The topological polar surface area (TPSA) is 0 Å². The number of fused-ring (bicyclic) bond motifs is 11. The Balaban J connectivity index is 1.54. The first-order valence-electron chi connectivity index (χ1n) is 15.5. The average molecular weight is 539 g/mol. The van der Waals surface area contributed by atoms with Crippen LogP contribution in [0.1, 0.15) is 61.8 Å². The van der Waals surface area contributed by atoms with Crippen LogP contribution in [0.4, 0.5) is 0 Å². The molecule has 9 aromatic carbocycles. The molecule has 0 heterocycles. The van der Waals surface area contributed by atoms with Crippen LogP contribution in [0.3, 0.4) is 0 Å². The van der Waals surface area contributed by atoms with Gasteiger partial charge in [0.05, 0.1) is 0 Å². The lowest BCUT2D eigenvalue weighted by molar-refractivity contribution is 0.869. The van der Waals surface area contributed by atoms with E-state index >= 15 is 0 Å². The van der Waals surface area contributed by atoms with Crippen molar-refractivity contribution in [1.29, 1.82) is 0 Å². The normalized spacial score (nSPS) is 13.0. The maximum absolute atomic E-state index is 2.52. The lowest BCUT2D eigenvalue weighted by atomic mass is 9.89. The quantitative estimate of drug-likeness (QED) is 0.192. The molecule has 0 unspecified atom stereocenters. The van der Waals surface area contributed by atoms with Gasteiger partial charge in [-0.1, -0.05) is 100 Å². The molecule has 0 aliphatic rings. The minimum absolute atomic E-state index is 0.501. The van der Waals surface area contributed by atoms with E-state index in [-0.39, 0.29) is 0 Å². The molecule has 0 aliphatic heterocycles. The smallest absolute Gasteiger partial charge is 0.00172 e. The Morgan fingerprint density at radius 2 is 0.643 bits per heavy atom. The Labute approximate surface area is 246 Å². The molecule has 202 valence electrons. The minimum atomic E-state index is 0.501. The van der Waals surface area contributed by atoms with Crippen LogP contribution in [0.2, 0.25) is 0 Å². The van der Waals surface area contributed by atoms with Crippen molar-refractivity contribution in [3.05, 3.63) is 107 Å². The van der Waals surface area contributed by atoms with Crippen molar-refractivity contribution in [2.24, 2.45) is 0 Å². The van der Waals surface area contributed by atoms with E-state index in [1.807, 2.05) is 0 Å². The summed E-state index contributed by atoms with van der Waals surface area (Å²) in [7, 11) is 0. The summed E-state index contributed by atoms with van der Waals surface area (Å²) in [6, 6.07) is 33.5. The second-order valence-corrected chi connectivity index (χ2v) is 13.4. The maximum Gasteiger partial charge on any atom is -0.00172 e. The van der Waals surface area contributed by atoms with Crippen LogP contribution < -0.4 is 0 Å². The van der Waals surface area contributed by atoms with Gasteiger partial charge in [0.25, 0.3) is 0 Å². The van der Waals surface area contributed by atoms with Gasteiger partial charge in [-0.05, 0) is 146 Å². The van der Waals surface area contributed by atoms with Crippen LogP contribution in [0.25, 0.3) is 86.2 Å². The van der Waals surface area contributed by atoms with Crippen LogP contribution in [0.5, 0.6) is 0 Å². The molecule has 9 rings (SSSR count). The molecule has 0 aromatic heterocycles. The van der Waals surface area contributed by atoms with Gasteiger partial charge in [0.2, 0.25) is 0 Å². The Hall–Kier alpha value is -4.42. The molecule has 0 amide bonds. The van der Waals surface area contributed by atoms with Gasteiger partial charge in [-0.2, -0.15) is 0 Å². The highest BCUT2D eigenvalue weighted by atomic mass is 14.2. The van der Waals surface area contributed by atoms with E-state index in [1.165, 1.54) is 108 Å². The van der Waals surface area contributed by atoms with Gasteiger partial charge in [-0.3, -0.25) is 0 Å². The first-order chi connectivity index (χ1) is 20.3. The summed E-state index contributed by atoms with van der Waals surface area (Å²) in [5.74, 6) is 1.00. The van der Waals surface area contributed by atoms with Crippen molar-refractivity contribution in [3.8, 4) is 0 Å². The first-order valence-corrected chi connectivity index (χ1v) is 15.5. The van der Waals surface area contributed by atoms with Crippen LogP contribution in [-0.2, 0) is 0 Å². The number of hydrogen-bond acceptors (Lipinski definition) is 0. The zero-order chi connectivity index (χ0) is 28.6. The van der Waals surface area contributed by atoms with Crippen LogP contribution in [0, 0.1) is 13.8 Å². The van der Waals surface area contributed by atoms with Gasteiger partial charge < -0.3 is 0 Å². The van der Waals surface area contributed by atoms with Gasteiger partial charge in [-0.25, -0.2) is 0 Å². The van der Waals surface area contributed by atoms with Crippen LogP contribution in [0.15, 0.2) is 84.9 Å². The van der Waals surface area contributed by atoms with Gasteiger partial charge in [0.1, 0.15) is 0 Å². The highest BCUT2D eigenvalue weighted by Crippen LogP contribution is 2.48. The van der Waals surface area contributed by atoms with Gasteiger partial charge >= 0.3 is 0 Å². The molecule has 0 N–H and O–H groups in total. The van der Waals surface area contributed by atoms with E-state index in [1.54, 1.807) is 0 Å². The summed E-state index contributed by atoms with van der Waals surface area (Å²) >= 11 is 0. The fraction of sp³-hybridized carbons (Fsp3) is 0.190. The van der Waals surface area contributed by atoms with Crippen molar-refractivity contribution >= 4 is 86.2 Å². The van der Waals surface area contributed by atoms with Gasteiger partial charge in [0, 0.05) is 0 Å². The molecule has 0 aliphatic carbocycles. The summed E-state index contributed by atoms with van der Waals surface area (Å²) in [4.78, 5) is 0. The van der Waals surface area contributed by atoms with E-state index < -0.39 is 0 Å². The zero-order valence-electron chi connectivity index (χ0n) is 25.2. The Bertz CT molecular complexity index is 2390. The van der Waals surface area contributed by atoms with E-state index in [0.29, 0.717) is 11.8 Å². The first kappa shape index (κ1) is 24.2. The number of hydrogen-bond donors (Lipinski definition) is 0. The molecule has 0 fully saturated rings. The van der Waals surface area contributed by atoms with Crippen molar-refractivity contribution in [2.75, 3.05) is 0 Å². The molecule has 42 heavy (non-hydrogen) atoms. The SMILES string of the molecule is Cc1ccc2c3ccc(C(C)C)cc3c3cc4c5cc6c7cc(C(C)C)ccc7c7ccc(C)c(c5ccc4c1c23)c76. The van der Waals surface area contributed by atoms with Crippen molar-refractivity contribution in [1.82, 2.24) is 0 Å². The molecular formula is C42H34. The monoisotopic (exact) mass is 538 g/mol. The van der Waals surface area contributed by atoms with Crippen LogP contribution in [-0.4, -0.2) is 0 Å². The van der Waals surface area contributed by atoms with Crippen molar-refractivity contribution in [2.45, 2.75) is 53.4 Å². The number of aryl methyl sites for hydroxylation is 2. The number of benzene rings is 7. The Morgan fingerprint density at radius 3 is 1.05 bits per heavy atom. The third-order valence-electron chi connectivity index (χ3n) is 10.4. The summed E-state index contributed by atoms with van der Waals surface area (Å²) in [6.07, 6.45) is 0. The molecule has 0 saturated carbocycles. The summed E-state index contributed by atoms with van der Waals surface area (Å²) in [5, 5.41) is 22.2. The predicted octanol–water partition coefficient (Wildman–Crippen LogP) is 12.7. The summed E-state index contributed by atoms with van der Waals surface area (Å²) < 4.78 is 0. The maximum atomic E-state index is 2.52. The Morgan fingerprint density at radius 1 is 0.310 bits per heavy atom. The van der Waals surface area contributed by atoms with Gasteiger partial charge in [0.15, 0.2) is 0 Å². The molecule has 0 bridgehead atoms. The standard InChI is InChI=1S/C42H34/c1-21(2)25-9-13-27-29-11-7-23(5)39-31-15-16-32-36(35(31)19-37(41(29)39)33(27)17-25)20-38-34-18-26(22(3)4)10-14-28(34)30-12-8-24(6)40(32)42(30)38/h7-22H,1-6H3. The van der Waals surface area contributed by atoms with Crippen LogP contribution >= 0.6 is 0 Å². The largest absolute Gasteiger partial charge is 0.0587 e. The fourth-order valence-corrected chi connectivity index (χ4v) is 8.11. The molecule has 0 heteroatoms. The predicted molar refractivity (Wildman–Crippen MR) is 187 cm³/mol. The van der Waals surface area contributed by atoms with Crippen molar-refractivity contribution < 1.29 is 0 Å². The van der Waals surface area contributed by atoms with Gasteiger partial charge in [-0.15, -0.1) is 0 Å². The number of rotatable bonds is 2. The second-order valence-electron chi connectivity index (χ2n) is 13.4. The van der Waals surface area contributed by atoms with E-state index in [4.69, 9.17) is 0 Å². The third kappa shape index (κ3) is 2.93. The molecule has 9 aromatic rings. The lowest BCUT2D eigenvalue weighted by Gasteiger charge is -2.14. The molecular weight excluding hydrogens is 504 g/mol. The van der Waals surface area contributed by atoms with E-state index in [9.17, 15) is 0 Å². The summed E-state index contributed by atoms with van der Waals surface area (Å²) in [6.45, 7) is 13.8. The zero-order valence-corrected chi connectivity index (χ0v) is 25.2. The van der Waals surface area contributed by atoms with Crippen molar-refractivity contribution in [3.63, 3.8) is 0 Å². The minimum Gasteiger partial charge on any atom is -0.0587 e. The Kier molecular flexibility index (Phi) is 4.67. The molecule has 0 nitrogen and oxygen atoms in total. The van der Waals surface area contributed by atoms with E-state index in [2.05, 4.69) is 126 Å². The third-order valence-corrected chi connectivity index (χ3v) is 10.4. The molecule has 0 spiro atoms. The molecule has 0 atom stereocenters. The molecule has 0 saturated heterocycles. The highest BCUT2D eigenvalue weighted by molar-refractivity contribution is 6.40. The second kappa shape index (κ2) is 8.11. The molecule has 0 radical (unpaired) electrons. The summed E-state index contributed by atoms with van der Waals surface area (Å²) in [5.41, 5.74) is 5.52. The average Bonchev–Trinajstić information content (AvgIpc) is 3.47. The highest BCUT2D eigenvalue weighted by Gasteiger charge is 2.21. The van der Waals surface area contributed by atoms with E-state index in [0.717, 1.165) is 0 Å².